The van der Waals surface area contributed by atoms with Gasteiger partial charge >= 0.3 is 6.03 Å². The molecule has 2 amide bonds. The number of aliphatic hydroxyl groups excluding tert-OH is 1. The van der Waals surface area contributed by atoms with Crippen LogP contribution in [-0.2, 0) is 4.74 Å². The number of rotatable bonds is 5. The second-order valence-corrected chi connectivity index (χ2v) is 7.13. The first-order valence-electron chi connectivity index (χ1n) is 7.68. The van der Waals surface area contributed by atoms with Gasteiger partial charge in [0.1, 0.15) is 0 Å². The topological polar surface area (TPSA) is 61.8 Å². The zero-order chi connectivity index (χ0) is 14.6. The monoisotopic (exact) mass is 284 g/mol. The van der Waals surface area contributed by atoms with E-state index in [9.17, 15) is 9.90 Å². The SMILES string of the molecule is CC(C)(CO)CCCNC(=O)N1CCC2(CCOC2)C1. The van der Waals surface area contributed by atoms with Gasteiger partial charge in [-0.2, -0.15) is 0 Å². The minimum Gasteiger partial charge on any atom is -0.396 e. The lowest BCUT2D eigenvalue weighted by molar-refractivity contribution is 0.146. The molecule has 0 aliphatic carbocycles. The summed E-state index contributed by atoms with van der Waals surface area (Å²) in [6, 6.07) is 0.0515. The standard InChI is InChI=1S/C15H28N2O3/c1-14(2,11-18)4-3-7-16-13(19)17-8-5-15(10-17)6-9-20-12-15/h18H,3-12H2,1-2H3,(H,16,19). The fourth-order valence-electron chi connectivity index (χ4n) is 3.03. The number of ether oxygens (including phenoxy) is 1. The van der Waals surface area contributed by atoms with Gasteiger partial charge in [-0.1, -0.05) is 13.8 Å². The molecule has 2 N–H and O–H groups in total. The Kier molecular flexibility index (Phi) is 4.91. The summed E-state index contributed by atoms with van der Waals surface area (Å²) in [5, 5.41) is 12.2. The second kappa shape index (κ2) is 6.31. The Balaban J connectivity index is 1.66. The van der Waals surface area contributed by atoms with Crippen molar-refractivity contribution in [2.75, 3.05) is 39.5 Å². The first-order valence-corrected chi connectivity index (χ1v) is 7.68. The zero-order valence-corrected chi connectivity index (χ0v) is 12.8. The van der Waals surface area contributed by atoms with Crippen LogP contribution in [0.1, 0.15) is 39.5 Å². The van der Waals surface area contributed by atoms with Gasteiger partial charge in [-0.3, -0.25) is 0 Å². The average Bonchev–Trinajstić information content (AvgIpc) is 3.05. The molecule has 5 nitrogen and oxygen atoms in total. The van der Waals surface area contributed by atoms with Gasteiger partial charge in [0.25, 0.3) is 0 Å². The van der Waals surface area contributed by atoms with E-state index in [1.54, 1.807) is 0 Å². The molecule has 1 unspecified atom stereocenters. The summed E-state index contributed by atoms with van der Waals surface area (Å²) >= 11 is 0. The van der Waals surface area contributed by atoms with Gasteiger partial charge in [-0.15, -0.1) is 0 Å². The third-order valence-corrected chi connectivity index (χ3v) is 4.65. The smallest absolute Gasteiger partial charge is 0.317 e. The molecule has 2 saturated heterocycles. The summed E-state index contributed by atoms with van der Waals surface area (Å²) in [6.45, 7) is 8.28. The van der Waals surface area contributed by atoms with Gasteiger partial charge in [-0.25, -0.2) is 4.79 Å². The van der Waals surface area contributed by atoms with Gasteiger partial charge in [-0.05, 0) is 31.1 Å². The predicted octanol–water partition coefficient (Wildman–Crippen LogP) is 1.61. The van der Waals surface area contributed by atoms with Crippen molar-refractivity contribution in [1.82, 2.24) is 10.2 Å². The molecular weight excluding hydrogens is 256 g/mol. The third kappa shape index (κ3) is 3.85. The number of carbonyl (C=O) groups is 1. The molecule has 2 aliphatic heterocycles. The normalized spacial score (nSPS) is 26.4. The molecule has 0 aromatic rings. The van der Waals surface area contributed by atoms with E-state index in [4.69, 9.17) is 4.74 Å². The molecule has 2 aliphatic rings. The lowest BCUT2D eigenvalue weighted by atomic mass is 9.87. The summed E-state index contributed by atoms with van der Waals surface area (Å²) in [6.07, 6.45) is 3.97. The van der Waals surface area contributed by atoms with E-state index in [1.807, 2.05) is 18.7 Å². The molecular formula is C15H28N2O3. The molecule has 2 heterocycles. The molecule has 2 fully saturated rings. The quantitative estimate of drug-likeness (QED) is 0.754. The van der Waals surface area contributed by atoms with Crippen molar-refractivity contribution in [2.24, 2.45) is 10.8 Å². The number of likely N-dealkylation sites (tertiary alicyclic amines) is 1. The van der Waals surface area contributed by atoms with E-state index in [0.717, 1.165) is 52.0 Å². The maximum absolute atomic E-state index is 12.1. The van der Waals surface area contributed by atoms with Crippen molar-refractivity contribution in [3.8, 4) is 0 Å². The highest BCUT2D eigenvalue weighted by Gasteiger charge is 2.42. The summed E-state index contributed by atoms with van der Waals surface area (Å²) in [5.74, 6) is 0. The summed E-state index contributed by atoms with van der Waals surface area (Å²) in [7, 11) is 0. The van der Waals surface area contributed by atoms with Crippen molar-refractivity contribution in [3.63, 3.8) is 0 Å². The predicted molar refractivity (Wildman–Crippen MR) is 77.6 cm³/mol. The van der Waals surface area contributed by atoms with Crippen LogP contribution < -0.4 is 5.32 Å². The summed E-state index contributed by atoms with van der Waals surface area (Å²) in [5.41, 5.74) is 0.180. The minimum absolute atomic E-state index is 0.0515. The molecule has 1 spiro atoms. The van der Waals surface area contributed by atoms with E-state index < -0.39 is 0 Å². The van der Waals surface area contributed by atoms with Crippen LogP contribution in [0.3, 0.4) is 0 Å². The maximum atomic E-state index is 12.1. The van der Waals surface area contributed by atoms with E-state index >= 15 is 0 Å². The van der Waals surface area contributed by atoms with Gasteiger partial charge in [0.05, 0.1) is 6.61 Å². The van der Waals surface area contributed by atoms with Crippen LogP contribution in [0.15, 0.2) is 0 Å². The lowest BCUT2D eigenvalue weighted by Crippen LogP contribution is -2.40. The molecule has 1 atom stereocenters. The first kappa shape index (κ1) is 15.6. The average molecular weight is 284 g/mol. The van der Waals surface area contributed by atoms with Crippen molar-refractivity contribution >= 4 is 6.03 Å². The first-order chi connectivity index (χ1) is 9.46. The number of carbonyl (C=O) groups excluding carboxylic acids is 1. The Morgan fingerprint density at radius 1 is 1.45 bits per heavy atom. The minimum atomic E-state index is -0.0520. The maximum Gasteiger partial charge on any atom is 0.317 e. The fraction of sp³-hybridized carbons (Fsp3) is 0.933. The molecule has 116 valence electrons. The molecule has 0 aromatic carbocycles. The number of aliphatic hydroxyl groups is 1. The van der Waals surface area contributed by atoms with E-state index in [2.05, 4.69) is 5.32 Å². The van der Waals surface area contributed by atoms with E-state index in [0.29, 0.717) is 6.54 Å². The van der Waals surface area contributed by atoms with Gasteiger partial charge < -0.3 is 20.1 Å². The fourth-order valence-corrected chi connectivity index (χ4v) is 3.03. The van der Waals surface area contributed by atoms with Crippen LogP contribution in [0, 0.1) is 10.8 Å². The number of nitrogens with zero attached hydrogens (tertiary/aromatic N) is 1. The molecule has 5 heteroatoms. The van der Waals surface area contributed by atoms with Crippen LogP contribution >= 0.6 is 0 Å². The van der Waals surface area contributed by atoms with Gasteiger partial charge in [0.2, 0.25) is 0 Å². The number of hydrogen-bond acceptors (Lipinski definition) is 3. The lowest BCUT2D eigenvalue weighted by Gasteiger charge is -2.23. The van der Waals surface area contributed by atoms with Crippen LogP contribution in [0.25, 0.3) is 0 Å². The highest BCUT2D eigenvalue weighted by molar-refractivity contribution is 5.74. The van der Waals surface area contributed by atoms with Crippen molar-refractivity contribution in [1.29, 1.82) is 0 Å². The summed E-state index contributed by atoms with van der Waals surface area (Å²) in [4.78, 5) is 14.0. The Labute approximate surface area is 121 Å². The van der Waals surface area contributed by atoms with Crippen molar-refractivity contribution in [3.05, 3.63) is 0 Å². The zero-order valence-electron chi connectivity index (χ0n) is 12.8. The third-order valence-electron chi connectivity index (χ3n) is 4.65. The molecule has 20 heavy (non-hydrogen) atoms. The van der Waals surface area contributed by atoms with Gasteiger partial charge in [0.15, 0.2) is 0 Å². The highest BCUT2D eigenvalue weighted by atomic mass is 16.5. The Morgan fingerprint density at radius 3 is 2.90 bits per heavy atom. The van der Waals surface area contributed by atoms with Crippen molar-refractivity contribution in [2.45, 2.75) is 39.5 Å². The second-order valence-electron chi connectivity index (χ2n) is 7.13. The van der Waals surface area contributed by atoms with E-state index in [1.165, 1.54) is 0 Å². The van der Waals surface area contributed by atoms with Crippen LogP contribution in [0.5, 0.6) is 0 Å². The summed E-state index contributed by atoms with van der Waals surface area (Å²) < 4.78 is 5.48. The molecule has 0 aromatic heterocycles. The molecule has 0 saturated carbocycles. The Hall–Kier alpha value is -0.810. The van der Waals surface area contributed by atoms with Crippen LogP contribution in [0.4, 0.5) is 4.79 Å². The largest absolute Gasteiger partial charge is 0.396 e. The number of hydrogen-bond donors (Lipinski definition) is 2. The Morgan fingerprint density at radius 2 is 2.25 bits per heavy atom. The molecule has 0 radical (unpaired) electrons. The molecule has 0 bridgehead atoms. The Bertz CT molecular complexity index is 338. The highest BCUT2D eigenvalue weighted by Crippen LogP contribution is 2.38. The van der Waals surface area contributed by atoms with Crippen molar-refractivity contribution < 1.29 is 14.6 Å². The van der Waals surface area contributed by atoms with Crippen LogP contribution in [0.2, 0.25) is 0 Å². The van der Waals surface area contributed by atoms with Crippen LogP contribution in [-0.4, -0.2) is 55.5 Å². The number of nitrogens with one attached hydrogen (secondary N) is 1. The molecule has 2 rings (SSSR count). The van der Waals surface area contributed by atoms with E-state index in [-0.39, 0.29) is 23.5 Å². The number of urea groups is 1. The number of amides is 2. The van der Waals surface area contributed by atoms with Gasteiger partial charge in [0, 0.05) is 38.3 Å².